The summed E-state index contributed by atoms with van der Waals surface area (Å²) < 4.78 is 11.5. The zero-order valence-corrected chi connectivity index (χ0v) is 15.6. The van der Waals surface area contributed by atoms with Crippen molar-refractivity contribution in [2.75, 3.05) is 6.61 Å². The summed E-state index contributed by atoms with van der Waals surface area (Å²) in [5.41, 5.74) is 2.82. The lowest BCUT2D eigenvalue weighted by Gasteiger charge is -2.42. The second-order valence-corrected chi connectivity index (χ2v) is 12.6. The number of ketones is 1. The van der Waals surface area contributed by atoms with Crippen LogP contribution in [0.4, 0.5) is 0 Å². The largest absolute Gasteiger partial charge is 0.350 e. The third kappa shape index (κ3) is 5.94. The topological polar surface area (TPSA) is 35.5 Å². The molecule has 0 amide bonds. The molecule has 0 spiro atoms. The zero-order valence-electron chi connectivity index (χ0n) is 14.6. The quantitative estimate of drug-likeness (QED) is 0.585. The van der Waals surface area contributed by atoms with Crippen LogP contribution in [0.5, 0.6) is 0 Å². The van der Waals surface area contributed by atoms with Crippen LogP contribution in [0.2, 0.25) is 19.6 Å². The van der Waals surface area contributed by atoms with E-state index < -0.39 is 19.3 Å². The van der Waals surface area contributed by atoms with E-state index in [4.69, 9.17) is 9.47 Å². The van der Waals surface area contributed by atoms with Gasteiger partial charge in [-0.15, -0.1) is 11.5 Å². The molecule has 4 heteroatoms. The van der Waals surface area contributed by atoms with E-state index >= 15 is 0 Å². The van der Waals surface area contributed by atoms with Crippen molar-refractivity contribution in [2.45, 2.75) is 78.5 Å². The fourth-order valence-electron chi connectivity index (χ4n) is 2.36. The summed E-state index contributed by atoms with van der Waals surface area (Å²) in [5.74, 6) is 2.81. The minimum atomic E-state index is -1.34. The maximum atomic E-state index is 12.5. The van der Waals surface area contributed by atoms with E-state index in [-0.39, 0.29) is 11.9 Å². The van der Waals surface area contributed by atoms with Gasteiger partial charge in [0.1, 0.15) is 13.9 Å². The SMILES string of the molecule is CC1(C)OCCC(C(C)(C)C(=O)CCC#C[Si](C)(C)C)O1. The van der Waals surface area contributed by atoms with Crippen molar-refractivity contribution in [1.29, 1.82) is 0 Å². The van der Waals surface area contributed by atoms with E-state index in [9.17, 15) is 4.79 Å². The van der Waals surface area contributed by atoms with Crippen molar-refractivity contribution in [3.63, 3.8) is 0 Å². The molecule has 1 aliphatic heterocycles. The van der Waals surface area contributed by atoms with Crippen molar-refractivity contribution in [3.05, 3.63) is 0 Å². The van der Waals surface area contributed by atoms with Gasteiger partial charge in [-0.2, -0.15) is 0 Å². The highest BCUT2D eigenvalue weighted by molar-refractivity contribution is 6.83. The van der Waals surface area contributed by atoms with Gasteiger partial charge in [0.2, 0.25) is 0 Å². The van der Waals surface area contributed by atoms with E-state index in [1.54, 1.807) is 0 Å². The predicted octanol–water partition coefficient (Wildman–Crippen LogP) is 3.78. The minimum absolute atomic E-state index is 0.0845. The Hall–Kier alpha value is -0.633. The highest BCUT2D eigenvalue weighted by Crippen LogP contribution is 2.35. The van der Waals surface area contributed by atoms with Crippen LogP contribution in [-0.4, -0.2) is 32.4 Å². The summed E-state index contributed by atoms with van der Waals surface area (Å²) in [6.07, 6.45) is 1.84. The van der Waals surface area contributed by atoms with E-state index in [0.29, 0.717) is 19.4 Å². The molecule has 1 heterocycles. The van der Waals surface area contributed by atoms with Gasteiger partial charge >= 0.3 is 0 Å². The Labute approximate surface area is 130 Å². The molecule has 1 fully saturated rings. The maximum absolute atomic E-state index is 12.5. The van der Waals surface area contributed by atoms with E-state index in [2.05, 4.69) is 31.1 Å². The molecule has 0 aromatic carbocycles. The molecule has 120 valence electrons. The number of Topliss-reactive ketones (excluding diaryl/α,β-unsaturated/α-hetero) is 1. The Morgan fingerprint density at radius 2 is 1.95 bits per heavy atom. The number of carbonyl (C=O) groups is 1. The molecule has 1 atom stereocenters. The lowest BCUT2D eigenvalue weighted by atomic mass is 9.78. The smallest absolute Gasteiger partial charge is 0.163 e. The van der Waals surface area contributed by atoms with Crippen molar-refractivity contribution in [1.82, 2.24) is 0 Å². The van der Waals surface area contributed by atoms with Crippen LogP contribution in [0.25, 0.3) is 0 Å². The Morgan fingerprint density at radius 3 is 2.48 bits per heavy atom. The van der Waals surface area contributed by atoms with Crippen LogP contribution in [0, 0.1) is 16.9 Å². The zero-order chi connectivity index (χ0) is 16.3. The molecule has 0 bridgehead atoms. The summed E-state index contributed by atoms with van der Waals surface area (Å²) in [7, 11) is -1.34. The Kier molecular flexibility index (Phi) is 5.82. The second kappa shape index (κ2) is 6.64. The van der Waals surface area contributed by atoms with E-state index in [1.807, 2.05) is 27.7 Å². The molecule has 0 N–H and O–H groups in total. The highest BCUT2D eigenvalue weighted by Gasteiger charge is 2.42. The molecule has 1 rings (SSSR count). The van der Waals surface area contributed by atoms with Crippen molar-refractivity contribution in [3.8, 4) is 11.5 Å². The third-order valence-electron chi connectivity index (χ3n) is 3.72. The number of ether oxygens (including phenoxy) is 2. The van der Waals surface area contributed by atoms with Gasteiger partial charge in [-0.25, -0.2) is 0 Å². The summed E-state index contributed by atoms with van der Waals surface area (Å²) in [4.78, 5) is 12.5. The van der Waals surface area contributed by atoms with Gasteiger partial charge in [0.15, 0.2) is 5.79 Å². The summed E-state index contributed by atoms with van der Waals surface area (Å²) in [6, 6.07) is 0. The highest BCUT2D eigenvalue weighted by atomic mass is 28.3. The number of hydrogen-bond acceptors (Lipinski definition) is 3. The third-order valence-corrected chi connectivity index (χ3v) is 4.65. The normalized spacial score (nSPS) is 22.3. The van der Waals surface area contributed by atoms with Crippen molar-refractivity contribution < 1.29 is 14.3 Å². The van der Waals surface area contributed by atoms with Gasteiger partial charge in [0.05, 0.1) is 12.7 Å². The molecule has 0 aliphatic carbocycles. The van der Waals surface area contributed by atoms with Gasteiger partial charge in [0, 0.05) is 18.3 Å². The van der Waals surface area contributed by atoms with Crippen LogP contribution in [0.1, 0.15) is 47.0 Å². The fraction of sp³-hybridized carbons (Fsp3) is 0.824. The molecule has 1 unspecified atom stereocenters. The van der Waals surface area contributed by atoms with Crippen LogP contribution in [-0.2, 0) is 14.3 Å². The molecule has 1 aliphatic rings. The average Bonchev–Trinajstić information content (AvgIpc) is 2.31. The lowest BCUT2D eigenvalue weighted by molar-refractivity contribution is -0.288. The number of carbonyl (C=O) groups excluding carboxylic acids is 1. The standard InChI is InChI=1S/C17H30O3Si/c1-16(2,15-11-12-19-17(3,4)20-15)14(18)10-8-9-13-21(5,6)7/h15H,8,10-12H2,1-7H3. The van der Waals surface area contributed by atoms with E-state index in [0.717, 1.165) is 6.42 Å². The molecule has 0 radical (unpaired) electrons. The molecule has 1 saturated heterocycles. The first-order valence-corrected chi connectivity index (χ1v) is 11.3. The monoisotopic (exact) mass is 310 g/mol. The number of rotatable bonds is 4. The molecule has 0 aromatic heterocycles. The molecule has 21 heavy (non-hydrogen) atoms. The number of hydrogen-bond donors (Lipinski definition) is 0. The summed E-state index contributed by atoms with van der Waals surface area (Å²) >= 11 is 0. The summed E-state index contributed by atoms with van der Waals surface area (Å²) in [5, 5.41) is 0. The first-order valence-electron chi connectivity index (χ1n) is 7.79. The van der Waals surface area contributed by atoms with Crippen LogP contribution < -0.4 is 0 Å². The lowest BCUT2D eigenvalue weighted by Crippen LogP contribution is -2.49. The van der Waals surface area contributed by atoms with Gasteiger partial charge in [-0.3, -0.25) is 4.79 Å². The Morgan fingerprint density at radius 1 is 1.33 bits per heavy atom. The fourth-order valence-corrected chi connectivity index (χ4v) is 3.02. The van der Waals surface area contributed by atoms with Gasteiger partial charge in [0.25, 0.3) is 0 Å². The first-order chi connectivity index (χ1) is 9.44. The molecular formula is C17H30O3Si. The van der Waals surface area contributed by atoms with Crippen LogP contribution in [0.3, 0.4) is 0 Å². The second-order valence-electron chi connectivity index (χ2n) is 7.84. The summed E-state index contributed by atoms with van der Waals surface area (Å²) in [6.45, 7) is 15.0. The average molecular weight is 311 g/mol. The van der Waals surface area contributed by atoms with Crippen LogP contribution >= 0.6 is 0 Å². The van der Waals surface area contributed by atoms with Crippen molar-refractivity contribution >= 4 is 13.9 Å². The van der Waals surface area contributed by atoms with Gasteiger partial charge in [-0.1, -0.05) is 33.5 Å². The van der Waals surface area contributed by atoms with Gasteiger partial charge in [-0.05, 0) is 20.3 Å². The Balaban J connectivity index is 2.60. The van der Waals surface area contributed by atoms with Gasteiger partial charge < -0.3 is 9.47 Å². The minimum Gasteiger partial charge on any atom is -0.350 e. The van der Waals surface area contributed by atoms with E-state index in [1.165, 1.54) is 0 Å². The molecule has 0 saturated carbocycles. The van der Waals surface area contributed by atoms with Crippen LogP contribution in [0.15, 0.2) is 0 Å². The molecule has 3 nitrogen and oxygen atoms in total. The first kappa shape index (κ1) is 18.4. The van der Waals surface area contributed by atoms with Crippen molar-refractivity contribution in [2.24, 2.45) is 5.41 Å². The predicted molar refractivity (Wildman–Crippen MR) is 88.7 cm³/mol. The molecular weight excluding hydrogens is 280 g/mol. The Bertz CT molecular complexity index is 435. The molecule has 0 aromatic rings. The maximum Gasteiger partial charge on any atom is 0.163 e.